The summed E-state index contributed by atoms with van der Waals surface area (Å²) >= 11 is 10.2. The number of hydrogen-bond acceptors (Lipinski definition) is 3. The van der Waals surface area contributed by atoms with Crippen LogP contribution in [0.4, 0.5) is 13.2 Å². The van der Waals surface area contributed by atoms with Crippen molar-refractivity contribution in [3.8, 4) is 11.5 Å². The first kappa shape index (κ1) is 14.1. The molecule has 0 bridgehead atoms. The van der Waals surface area contributed by atoms with Crippen molar-refractivity contribution in [2.24, 2.45) is 0 Å². The molecule has 0 fully saturated rings. The van der Waals surface area contributed by atoms with E-state index in [4.69, 9.17) is 21.1 Å². The van der Waals surface area contributed by atoms with Crippen molar-refractivity contribution in [1.29, 1.82) is 0 Å². The maximum Gasteiger partial charge on any atom is 0.416 e. The monoisotopic (exact) mass is 284 g/mol. The van der Waals surface area contributed by atoms with Crippen LogP contribution in [-0.2, 0) is 6.18 Å². The van der Waals surface area contributed by atoms with Crippen molar-refractivity contribution < 1.29 is 22.6 Å². The smallest absolute Gasteiger partial charge is 0.416 e. The van der Waals surface area contributed by atoms with Crippen LogP contribution in [-0.4, -0.2) is 18.5 Å². The standard InChI is InChI=1S/C10H8ClF3O2S/c1-15-7-4-5(10(12,13)14)3-6(9(11)17)8(7)16-2/h3-4H,1-2H3. The number of alkyl halides is 3. The second-order valence-electron chi connectivity index (χ2n) is 3.03. The molecule has 7 heteroatoms. The van der Waals surface area contributed by atoms with Crippen LogP contribution in [0.15, 0.2) is 12.1 Å². The lowest BCUT2D eigenvalue weighted by Crippen LogP contribution is -2.08. The molecule has 0 atom stereocenters. The largest absolute Gasteiger partial charge is 0.493 e. The fourth-order valence-corrected chi connectivity index (χ4v) is 1.57. The quantitative estimate of drug-likeness (QED) is 0.624. The summed E-state index contributed by atoms with van der Waals surface area (Å²) in [5, 5.41) is 0. The lowest BCUT2D eigenvalue weighted by atomic mass is 10.1. The number of thiocarbonyl (C=S) groups is 1. The molecule has 1 rings (SSSR count). The summed E-state index contributed by atoms with van der Waals surface area (Å²) in [6.45, 7) is 0. The van der Waals surface area contributed by atoms with Crippen molar-refractivity contribution >= 4 is 28.1 Å². The van der Waals surface area contributed by atoms with Gasteiger partial charge in [0.25, 0.3) is 0 Å². The molecule has 0 saturated carbocycles. The zero-order valence-electron chi connectivity index (χ0n) is 8.89. The van der Waals surface area contributed by atoms with Gasteiger partial charge in [-0.2, -0.15) is 13.2 Å². The lowest BCUT2D eigenvalue weighted by molar-refractivity contribution is -0.137. The molecule has 0 aliphatic heterocycles. The zero-order valence-corrected chi connectivity index (χ0v) is 10.5. The van der Waals surface area contributed by atoms with Crippen LogP contribution in [0.5, 0.6) is 11.5 Å². The maximum atomic E-state index is 12.6. The Hall–Kier alpha value is -1.01. The predicted octanol–water partition coefficient (Wildman–Crippen LogP) is 3.64. The van der Waals surface area contributed by atoms with E-state index in [1.54, 1.807) is 0 Å². The Balaban J connectivity index is 3.51. The molecule has 2 nitrogen and oxygen atoms in total. The van der Waals surface area contributed by atoms with E-state index in [1.807, 2.05) is 0 Å². The van der Waals surface area contributed by atoms with Gasteiger partial charge in [-0.05, 0) is 12.1 Å². The molecule has 0 aliphatic rings. The van der Waals surface area contributed by atoms with Crippen molar-refractivity contribution in [2.45, 2.75) is 6.18 Å². The molecular weight excluding hydrogens is 277 g/mol. The molecular formula is C10H8ClF3O2S. The number of hydrogen-bond donors (Lipinski definition) is 0. The summed E-state index contributed by atoms with van der Waals surface area (Å²) in [7, 11) is 2.53. The van der Waals surface area contributed by atoms with Gasteiger partial charge in [0.15, 0.2) is 11.5 Å². The molecule has 0 N–H and O–H groups in total. The van der Waals surface area contributed by atoms with E-state index in [1.165, 1.54) is 14.2 Å². The van der Waals surface area contributed by atoms with Crippen molar-refractivity contribution in [1.82, 2.24) is 0 Å². The molecule has 1 aromatic carbocycles. The van der Waals surface area contributed by atoms with E-state index in [2.05, 4.69) is 12.2 Å². The maximum absolute atomic E-state index is 12.6. The highest BCUT2D eigenvalue weighted by molar-refractivity contribution is 7.83. The van der Waals surface area contributed by atoms with Crippen LogP contribution in [0.25, 0.3) is 0 Å². The molecule has 0 amide bonds. The van der Waals surface area contributed by atoms with Gasteiger partial charge in [-0.25, -0.2) is 0 Å². The SMILES string of the molecule is COc1cc(C(F)(F)F)cc(C(=S)Cl)c1OC. The van der Waals surface area contributed by atoms with Gasteiger partial charge in [-0.15, -0.1) is 0 Å². The summed E-state index contributed by atoms with van der Waals surface area (Å²) in [5.41, 5.74) is -0.913. The van der Waals surface area contributed by atoms with Gasteiger partial charge < -0.3 is 9.47 Å². The van der Waals surface area contributed by atoms with Gasteiger partial charge in [-0.3, -0.25) is 0 Å². The number of rotatable bonds is 3. The molecule has 0 unspecified atom stereocenters. The Labute approximate surface area is 106 Å². The van der Waals surface area contributed by atoms with Gasteiger partial charge in [0.2, 0.25) is 0 Å². The van der Waals surface area contributed by atoms with E-state index < -0.39 is 11.7 Å². The fraction of sp³-hybridized carbons (Fsp3) is 0.300. The fourth-order valence-electron chi connectivity index (χ4n) is 1.27. The highest BCUT2D eigenvalue weighted by Gasteiger charge is 2.33. The number of ether oxygens (including phenoxy) is 2. The summed E-state index contributed by atoms with van der Waals surface area (Å²) in [6, 6.07) is 1.66. The first-order valence-corrected chi connectivity index (χ1v) is 5.13. The van der Waals surface area contributed by atoms with Crippen LogP contribution < -0.4 is 9.47 Å². The average Bonchev–Trinajstić information content (AvgIpc) is 2.25. The van der Waals surface area contributed by atoms with E-state index in [9.17, 15) is 13.2 Å². The number of methoxy groups -OCH3 is 2. The number of halogens is 4. The molecule has 0 aromatic heterocycles. The van der Waals surface area contributed by atoms with E-state index in [-0.39, 0.29) is 21.4 Å². The normalized spacial score (nSPS) is 11.2. The van der Waals surface area contributed by atoms with E-state index in [0.29, 0.717) is 0 Å². The Morgan fingerprint density at radius 1 is 1.24 bits per heavy atom. The Bertz CT molecular complexity index is 446. The molecule has 17 heavy (non-hydrogen) atoms. The molecule has 1 aromatic rings. The molecule has 0 heterocycles. The first-order valence-electron chi connectivity index (χ1n) is 4.34. The highest BCUT2D eigenvalue weighted by atomic mass is 35.5. The third kappa shape index (κ3) is 3.01. The first-order chi connectivity index (χ1) is 7.81. The minimum atomic E-state index is -4.50. The molecule has 94 valence electrons. The summed E-state index contributed by atoms with van der Waals surface area (Å²) < 4.78 is 47.3. The van der Waals surface area contributed by atoms with E-state index in [0.717, 1.165) is 12.1 Å². The third-order valence-electron chi connectivity index (χ3n) is 2.02. The van der Waals surface area contributed by atoms with Crippen LogP contribution in [0.1, 0.15) is 11.1 Å². The third-order valence-corrected chi connectivity index (χ3v) is 2.44. The highest BCUT2D eigenvalue weighted by Crippen LogP contribution is 2.39. The minimum absolute atomic E-state index is 0.0177. The average molecular weight is 285 g/mol. The van der Waals surface area contributed by atoms with Crippen LogP contribution in [0.2, 0.25) is 0 Å². The van der Waals surface area contributed by atoms with E-state index >= 15 is 0 Å². The zero-order chi connectivity index (χ0) is 13.2. The minimum Gasteiger partial charge on any atom is -0.493 e. The Morgan fingerprint density at radius 2 is 1.82 bits per heavy atom. The van der Waals surface area contributed by atoms with Gasteiger partial charge in [0.1, 0.15) is 4.32 Å². The second-order valence-corrected chi connectivity index (χ2v) is 4.04. The molecule has 0 aliphatic carbocycles. The van der Waals surface area contributed by atoms with Gasteiger partial charge >= 0.3 is 6.18 Å². The predicted molar refractivity (Wildman–Crippen MR) is 62.1 cm³/mol. The van der Waals surface area contributed by atoms with Gasteiger partial charge in [-0.1, -0.05) is 23.8 Å². The summed E-state index contributed by atoms with van der Waals surface area (Å²) in [4.78, 5) is 0. The van der Waals surface area contributed by atoms with Crippen molar-refractivity contribution in [3.05, 3.63) is 23.3 Å². The van der Waals surface area contributed by atoms with Crippen LogP contribution in [0.3, 0.4) is 0 Å². The van der Waals surface area contributed by atoms with Crippen LogP contribution in [0, 0.1) is 0 Å². The second kappa shape index (κ2) is 5.10. The Kier molecular flexibility index (Phi) is 4.21. The Morgan fingerprint density at radius 3 is 2.18 bits per heavy atom. The molecule has 0 saturated heterocycles. The summed E-state index contributed by atoms with van der Waals surface area (Å²) in [6.07, 6.45) is -4.50. The summed E-state index contributed by atoms with van der Waals surface area (Å²) in [5.74, 6) is 0.0147. The van der Waals surface area contributed by atoms with Crippen molar-refractivity contribution in [2.75, 3.05) is 14.2 Å². The van der Waals surface area contributed by atoms with Gasteiger partial charge in [0.05, 0.1) is 25.3 Å². The topological polar surface area (TPSA) is 18.5 Å². The molecule has 0 radical (unpaired) electrons. The van der Waals surface area contributed by atoms with Gasteiger partial charge in [0, 0.05) is 0 Å². The lowest BCUT2D eigenvalue weighted by Gasteiger charge is -2.15. The van der Waals surface area contributed by atoms with Crippen molar-refractivity contribution in [3.63, 3.8) is 0 Å². The number of benzene rings is 1. The molecule has 0 spiro atoms. The van der Waals surface area contributed by atoms with Crippen LogP contribution >= 0.6 is 23.8 Å².